The Balaban J connectivity index is 0.000000138. The molecule has 27 aromatic rings. The minimum absolute atomic E-state index is 0.637. The average molecular weight is 1620 g/mol. The SMILES string of the molecule is N#Cc1ccc(-c2cc(-c3ccc4c5ccccc5c5ccccc5c4c3)nc3c2cc(-c2ccc4c5ccccc5c5ccccc5c4c2)c2ccccc23)cc1.c1ccc2c(-c3ccc(-c4cc(-c5ccc6c7ccccc7c7ccccc7c6c5)nc5c4cc(-c4ccc6c7ccccc7c7ccccc7c6c4)c4ccccc45)cc3)c3ccccc3nc2c1. The van der Waals surface area contributed by atoms with Crippen LogP contribution >= 0.6 is 0 Å². The molecule has 0 saturated heterocycles. The zero-order chi connectivity index (χ0) is 84.2. The maximum absolute atomic E-state index is 9.71. The Hall–Kier alpha value is -17.1. The summed E-state index contributed by atoms with van der Waals surface area (Å²) in [5.41, 5.74) is 20.0. The van der Waals surface area contributed by atoms with Gasteiger partial charge in [0.15, 0.2) is 0 Å². The first-order chi connectivity index (χ1) is 63.4. The number of rotatable bonds is 7. The first-order valence-electron chi connectivity index (χ1n) is 43.9. The molecule has 128 heavy (non-hydrogen) atoms. The van der Waals surface area contributed by atoms with Crippen molar-refractivity contribution in [3.05, 3.63) is 442 Å². The highest BCUT2D eigenvalue weighted by Gasteiger charge is 2.24. The number of fused-ring (bicyclic) bond motifs is 32. The van der Waals surface area contributed by atoms with E-state index in [0.29, 0.717) is 5.56 Å². The molecular formula is C124H72N4. The fraction of sp³-hybridized carbons (Fsp3) is 0. The summed E-state index contributed by atoms with van der Waals surface area (Å²) >= 11 is 0. The molecule has 24 aromatic carbocycles. The van der Waals surface area contributed by atoms with Gasteiger partial charge in [0.1, 0.15) is 0 Å². The number of nitriles is 1. The van der Waals surface area contributed by atoms with Crippen LogP contribution in [0.25, 0.3) is 273 Å². The van der Waals surface area contributed by atoms with Crippen LogP contribution in [0.3, 0.4) is 0 Å². The molecule has 0 bridgehead atoms. The number of hydrogen-bond donors (Lipinski definition) is 0. The van der Waals surface area contributed by atoms with E-state index in [-0.39, 0.29) is 0 Å². The lowest BCUT2D eigenvalue weighted by molar-refractivity contribution is 1.41. The highest BCUT2D eigenvalue weighted by molar-refractivity contribution is 6.31. The molecule has 0 atom stereocenters. The van der Waals surface area contributed by atoms with Crippen LogP contribution in [-0.4, -0.2) is 15.0 Å². The van der Waals surface area contributed by atoms with E-state index in [1.165, 1.54) is 151 Å². The van der Waals surface area contributed by atoms with Crippen LogP contribution in [0.4, 0.5) is 0 Å². The van der Waals surface area contributed by atoms with Gasteiger partial charge < -0.3 is 0 Å². The van der Waals surface area contributed by atoms with E-state index >= 15 is 0 Å². The highest BCUT2D eigenvalue weighted by Crippen LogP contribution is 2.49. The van der Waals surface area contributed by atoms with Crippen LogP contribution in [0.1, 0.15) is 5.56 Å². The topological polar surface area (TPSA) is 62.5 Å². The summed E-state index contributed by atoms with van der Waals surface area (Å²) in [5, 5.41) is 48.9. The minimum atomic E-state index is 0.637. The molecule has 588 valence electrons. The van der Waals surface area contributed by atoms with Crippen LogP contribution in [-0.2, 0) is 0 Å². The summed E-state index contributed by atoms with van der Waals surface area (Å²) in [5.74, 6) is 0. The van der Waals surface area contributed by atoms with Gasteiger partial charge in [0.2, 0.25) is 0 Å². The summed E-state index contributed by atoms with van der Waals surface area (Å²) in [4.78, 5) is 16.3. The predicted octanol–water partition coefficient (Wildman–Crippen LogP) is 33.9. The Morgan fingerprint density at radius 3 is 0.672 bits per heavy atom. The second-order valence-corrected chi connectivity index (χ2v) is 34.0. The zero-order valence-electron chi connectivity index (χ0n) is 69.4. The number of hydrogen-bond acceptors (Lipinski definition) is 4. The van der Waals surface area contributed by atoms with E-state index in [2.05, 4.69) is 431 Å². The van der Waals surface area contributed by atoms with Gasteiger partial charge in [-0.25, -0.2) is 15.0 Å². The van der Waals surface area contributed by atoms with Gasteiger partial charge in [-0.3, -0.25) is 0 Å². The molecule has 3 aromatic heterocycles. The van der Waals surface area contributed by atoms with E-state index in [9.17, 15) is 5.26 Å². The van der Waals surface area contributed by atoms with E-state index in [0.717, 1.165) is 121 Å². The molecule has 0 N–H and O–H groups in total. The lowest BCUT2D eigenvalue weighted by atomic mass is 9.88. The van der Waals surface area contributed by atoms with E-state index in [1.54, 1.807) is 0 Å². The molecule has 4 heteroatoms. The fourth-order valence-electron chi connectivity index (χ4n) is 21.3. The largest absolute Gasteiger partial charge is 0.248 e. The Bertz CT molecular complexity index is 9340. The van der Waals surface area contributed by atoms with Gasteiger partial charge in [0.25, 0.3) is 0 Å². The third-order valence-electron chi connectivity index (χ3n) is 27.2. The Kier molecular flexibility index (Phi) is 16.4. The van der Waals surface area contributed by atoms with Gasteiger partial charge in [0.05, 0.1) is 45.1 Å². The summed E-state index contributed by atoms with van der Waals surface area (Å²) in [6, 6.07) is 161. The number of benzene rings is 24. The monoisotopic (exact) mass is 1620 g/mol. The third kappa shape index (κ3) is 11.4. The Labute approximate surface area is 736 Å². The maximum atomic E-state index is 9.71. The molecule has 0 spiro atoms. The fourth-order valence-corrected chi connectivity index (χ4v) is 21.3. The highest BCUT2D eigenvalue weighted by atomic mass is 14.7. The van der Waals surface area contributed by atoms with Gasteiger partial charge in [-0.05, 0) is 263 Å². The Morgan fingerprint density at radius 1 is 0.148 bits per heavy atom. The molecule has 0 aliphatic heterocycles. The van der Waals surface area contributed by atoms with Crippen LogP contribution in [0.2, 0.25) is 0 Å². The number of nitrogens with zero attached hydrogens (tertiary/aromatic N) is 4. The zero-order valence-corrected chi connectivity index (χ0v) is 69.4. The second-order valence-electron chi connectivity index (χ2n) is 34.0. The molecule has 0 amide bonds. The van der Waals surface area contributed by atoms with Gasteiger partial charge in [0, 0.05) is 49.0 Å². The van der Waals surface area contributed by atoms with Gasteiger partial charge in [-0.2, -0.15) is 5.26 Å². The molecule has 0 radical (unpaired) electrons. The van der Waals surface area contributed by atoms with Crippen molar-refractivity contribution < 1.29 is 0 Å². The van der Waals surface area contributed by atoms with Crippen LogP contribution in [0.5, 0.6) is 0 Å². The van der Waals surface area contributed by atoms with Crippen molar-refractivity contribution in [3.8, 4) is 84.2 Å². The van der Waals surface area contributed by atoms with Crippen molar-refractivity contribution in [1.82, 2.24) is 15.0 Å². The number of para-hydroxylation sites is 2. The first kappa shape index (κ1) is 72.5. The van der Waals surface area contributed by atoms with Crippen molar-refractivity contribution in [2.45, 2.75) is 0 Å². The van der Waals surface area contributed by atoms with Crippen LogP contribution in [0, 0.1) is 11.3 Å². The summed E-state index contributed by atoms with van der Waals surface area (Å²) in [7, 11) is 0. The van der Waals surface area contributed by atoms with Crippen molar-refractivity contribution in [2.24, 2.45) is 0 Å². The van der Waals surface area contributed by atoms with Crippen molar-refractivity contribution in [2.75, 3.05) is 0 Å². The van der Waals surface area contributed by atoms with E-state index in [4.69, 9.17) is 15.0 Å². The maximum Gasteiger partial charge on any atom is 0.0991 e. The Morgan fingerprint density at radius 2 is 0.367 bits per heavy atom. The molecule has 0 unspecified atom stereocenters. The van der Waals surface area contributed by atoms with Crippen molar-refractivity contribution in [1.29, 1.82) is 5.26 Å². The van der Waals surface area contributed by atoms with E-state index < -0.39 is 0 Å². The molecule has 0 aliphatic carbocycles. The lowest BCUT2D eigenvalue weighted by Gasteiger charge is -2.18. The normalized spacial score (nSPS) is 11.9. The van der Waals surface area contributed by atoms with Gasteiger partial charge in [-0.15, -0.1) is 0 Å². The summed E-state index contributed by atoms with van der Waals surface area (Å²) in [6.45, 7) is 0. The molecule has 0 fully saturated rings. The van der Waals surface area contributed by atoms with E-state index in [1.807, 2.05) is 12.1 Å². The molecule has 3 heterocycles. The van der Waals surface area contributed by atoms with Crippen LogP contribution in [0.15, 0.2) is 437 Å². The van der Waals surface area contributed by atoms with Crippen molar-refractivity contribution in [3.63, 3.8) is 0 Å². The van der Waals surface area contributed by atoms with Crippen molar-refractivity contribution >= 4 is 194 Å². The number of pyridine rings is 3. The first-order valence-corrected chi connectivity index (χ1v) is 43.9. The molecule has 27 rings (SSSR count). The van der Waals surface area contributed by atoms with Crippen LogP contribution < -0.4 is 0 Å². The molecule has 0 aliphatic rings. The smallest absolute Gasteiger partial charge is 0.0991 e. The summed E-state index contributed by atoms with van der Waals surface area (Å²) < 4.78 is 0. The molecular weight excluding hydrogens is 1550 g/mol. The number of aromatic nitrogens is 3. The van der Waals surface area contributed by atoms with Gasteiger partial charge >= 0.3 is 0 Å². The second kappa shape index (κ2) is 29.0. The molecule has 0 saturated carbocycles. The predicted molar refractivity (Wildman–Crippen MR) is 544 cm³/mol. The summed E-state index contributed by atoms with van der Waals surface area (Å²) in [6.07, 6.45) is 0. The quantitative estimate of drug-likeness (QED) is 0.118. The lowest BCUT2D eigenvalue weighted by Crippen LogP contribution is -1.94. The standard InChI is InChI=1S/C68H40N2.C56H32N2/c1-3-19-49-45(15-1)47-17-5-7-21-51(47)61-37-43(33-35-54(49)61)59-39-63-60(41-29-31-42(32-30-41)67-57-25-11-13-27-64(57)69-65-28-14-12-26-58(65)67)40-66(70-68(63)56-24-10-9-23-53(56)59)44-34-36-55-50-20-4-2-16-46(50)48-18-6-8-22-52(48)62(55)38-44;57-33-34-21-23-35(24-22-34)51-32-55(37-26-28-48-43-16-4-2-12-39(43)41-14-6-8-18-45(41)53(48)30-37)58-56-49-20-10-9-19-46(49)50(31-54(51)56)36-25-27-47-42-15-3-1-11-38(42)40-13-5-7-17-44(40)52(47)29-36/h1-40H;1-32H. The molecule has 4 nitrogen and oxygen atoms in total. The third-order valence-corrected chi connectivity index (χ3v) is 27.2. The minimum Gasteiger partial charge on any atom is -0.248 e. The van der Waals surface area contributed by atoms with Gasteiger partial charge in [-0.1, -0.05) is 364 Å². The average Bonchev–Trinajstić information content (AvgIpc) is 1.58.